The van der Waals surface area contributed by atoms with Gasteiger partial charge in [-0.15, -0.1) is 0 Å². The number of rotatable bonds is 5. The Kier molecular flexibility index (Phi) is 6.72. The van der Waals surface area contributed by atoms with Crippen molar-refractivity contribution in [2.75, 3.05) is 18.4 Å². The Bertz CT molecular complexity index is 798. The second-order valence-electron chi connectivity index (χ2n) is 7.67. The first-order valence-corrected chi connectivity index (χ1v) is 11.5. The van der Waals surface area contributed by atoms with Gasteiger partial charge in [-0.25, -0.2) is 8.42 Å². The van der Waals surface area contributed by atoms with Crippen LogP contribution < -0.4 is 5.32 Å². The third-order valence-corrected chi connectivity index (χ3v) is 7.66. The number of nitrogens with zero attached hydrogens (tertiary/aromatic N) is 1. The molecule has 1 aromatic carbocycles. The average molecular weight is 409 g/mol. The maximum absolute atomic E-state index is 12.8. The van der Waals surface area contributed by atoms with Crippen molar-refractivity contribution in [2.45, 2.75) is 56.3 Å². The van der Waals surface area contributed by atoms with Crippen LogP contribution in [0.1, 0.15) is 51.4 Å². The fourth-order valence-electron chi connectivity index (χ4n) is 4.12. The van der Waals surface area contributed by atoms with Crippen LogP contribution in [0.4, 0.5) is 5.69 Å². The van der Waals surface area contributed by atoms with Crippen LogP contribution >= 0.6 is 0 Å². The SMILES string of the molecule is O=C(O)[C@@H]1CCCC[C@H]1C(=O)Nc1ccc(S(=O)(=O)N2CCCCCC2)cc1. The number of sulfonamides is 1. The lowest BCUT2D eigenvalue weighted by Crippen LogP contribution is -2.36. The summed E-state index contributed by atoms with van der Waals surface area (Å²) in [6.45, 7) is 1.08. The standard InChI is InChI=1S/C20H28N2O5S/c23-19(17-7-3-4-8-18(17)20(24)25)21-15-9-11-16(12-10-15)28(26,27)22-13-5-1-2-6-14-22/h9-12,17-18H,1-8,13-14H2,(H,21,23)(H,24,25)/t17-,18-/m1/s1. The van der Waals surface area contributed by atoms with Crippen LogP contribution in [0.2, 0.25) is 0 Å². The van der Waals surface area contributed by atoms with Crippen LogP contribution in [-0.2, 0) is 19.6 Å². The molecule has 3 rings (SSSR count). The van der Waals surface area contributed by atoms with Gasteiger partial charge in [-0.2, -0.15) is 4.31 Å². The fraction of sp³-hybridized carbons (Fsp3) is 0.600. The number of aliphatic carboxylic acids is 1. The molecule has 8 heteroatoms. The van der Waals surface area contributed by atoms with Gasteiger partial charge in [0.05, 0.1) is 16.7 Å². The molecule has 28 heavy (non-hydrogen) atoms. The van der Waals surface area contributed by atoms with Crippen molar-refractivity contribution < 1.29 is 23.1 Å². The quantitative estimate of drug-likeness (QED) is 0.779. The van der Waals surface area contributed by atoms with E-state index in [9.17, 15) is 23.1 Å². The molecule has 1 amide bonds. The molecule has 0 radical (unpaired) electrons. The molecule has 0 spiro atoms. The summed E-state index contributed by atoms with van der Waals surface area (Å²) in [6.07, 6.45) is 6.59. The zero-order valence-corrected chi connectivity index (χ0v) is 16.8. The van der Waals surface area contributed by atoms with E-state index in [4.69, 9.17) is 0 Å². The summed E-state index contributed by atoms with van der Waals surface area (Å²) >= 11 is 0. The predicted octanol–water partition coefficient (Wildman–Crippen LogP) is 3.08. The molecule has 0 aromatic heterocycles. The average Bonchev–Trinajstić information content (AvgIpc) is 2.98. The summed E-state index contributed by atoms with van der Waals surface area (Å²) in [5.41, 5.74) is 0.481. The summed E-state index contributed by atoms with van der Waals surface area (Å²) in [5, 5.41) is 12.1. The maximum atomic E-state index is 12.8. The van der Waals surface area contributed by atoms with Gasteiger partial charge in [-0.05, 0) is 49.9 Å². The molecule has 1 heterocycles. The summed E-state index contributed by atoms with van der Waals surface area (Å²) in [6, 6.07) is 6.15. The van der Waals surface area contributed by atoms with Gasteiger partial charge < -0.3 is 10.4 Å². The molecule has 1 aromatic rings. The molecule has 1 aliphatic heterocycles. The summed E-state index contributed by atoms with van der Waals surface area (Å²) in [5.74, 6) is -2.45. The second-order valence-corrected chi connectivity index (χ2v) is 9.61. The van der Waals surface area contributed by atoms with E-state index in [1.54, 1.807) is 12.1 Å². The van der Waals surface area contributed by atoms with Crippen LogP contribution in [0.3, 0.4) is 0 Å². The van der Waals surface area contributed by atoms with Crippen LogP contribution in [0.5, 0.6) is 0 Å². The Morgan fingerprint density at radius 1 is 0.893 bits per heavy atom. The van der Waals surface area contributed by atoms with E-state index in [0.29, 0.717) is 31.6 Å². The molecule has 154 valence electrons. The van der Waals surface area contributed by atoms with Crippen molar-refractivity contribution in [3.8, 4) is 0 Å². The molecular weight excluding hydrogens is 380 g/mol. The van der Waals surface area contributed by atoms with Gasteiger partial charge in [-0.3, -0.25) is 9.59 Å². The monoisotopic (exact) mass is 408 g/mol. The molecule has 1 saturated carbocycles. The van der Waals surface area contributed by atoms with E-state index in [1.807, 2.05) is 0 Å². The zero-order chi connectivity index (χ0) is 20.1. The summed E-state index contributed by atoms with van der Waals surface area (Å²) in [4.78, 5) is 24.2. The third kappa shape index (κ3) is 4.72. The molecule has 1 aliphatic carbocycles. The molecule has 2 fully saturated rings. The van der Waals surface area contributed by atoms with Crippen molar-refractivity contribution in [3.63, 3.8) is 0 Å². The lowest BCUT2D eigenvalue weighted by molar-refractivity contribution is -0.147. The number of carbonyl (C=O) groups is 2. The Balaban J connectivity index is 1.68. The van der Waals surface area contributed by atoms with Gasteiger partial charge >= 0.3 is 5.97 Å². The van der Waals surface area contributed by atoms with Gasteiger partial charge in [0.25, 0.3) is 0 Å². The Morgan fingerprint density at radius 2 is 1.46 bits per heavy atom. The first-order valence-electron chi connectivity index (χ1n) is 10.0. The first kappa shape index (κ1) is 20.8. The highest BCUT2D eigenvalue weighted by Crippen LogP contribution is 2.31. The molecule has 1 saturated heterocycles. The number of hydrogen-bond acceptors (Lipinski definition) is 4. The van der Waals surface area contributed by atoms with E-state index in [1.165, 1.54) is 16.4 Å². The van der Waals surface area contributed by atoms with Gasteiger partial charge in [0, 0.05) is 18.8 Å². The lowest BCUT2D eigenvalue weighted by Gasteiger charge is -2.27. The van der Waals surface area contributed by atoms with Crippen LogP contribution in [0.15, 0.2) is 29.2 Å². The largest absolute Gasteiger partial charge is 0.481 e. The van der Waals surface area contributed by atoms with Crippen molar-refractivity contribution in [3.05, 3.63) is 24.3 Å². The number of carboxylic acids is 1. The highest BCUT2D eigenvalue weighted by atomic mass is 32.2. The number of nitrogens with one attached hydrogen (secondary N) is 1. The van der Waals surface area contributed by atoms with E-state index < -0.39 is 27.8 Å². The van der Waals surface area contributed by atoms with E-state index in [2.05, 4.69) is 5.32 Å². The molecule has 0 bridgehead atoms. The minimum atomic E-state index is -3.53. The number of hydrogen-bond donors (Lipinski definition) is 2. The molecule has 2 aliphatic rings. The minimum Gasteiger partial charge on any atom is -0.481 e. The highest BCUT2D eigenvalue weighted by Gasteiger charge is 2.35. The van der Waals surface area contributed by atoms with Crippen molar-refractivity contribution in [1.29, 1.82) is 0 Å². The third-order valence-electron chi connectivity index (χ3n) is 5.74. The van der Waals surface area contributed by atoms with E-state index in [0.717, 1.165) is 38.5 Å². The number of anilines is 1. The van der Waals surface area contributed by atoms with Crippen LogP contribution in [0.25, 0.3) is 0 Å². The number of carboxylic acid groups (broad SMARTS) is 1. The fourth-order valence-corrected chi connectivity index (χ4v) is 5.63. The van der Waals surface area contributed by atoms with E-state index >= 15 is 0 Å². The van der Waals surface area contributed by atoms with Crippen LogP contribution in [0, 0.1) is 11.8 Å². The van der Waals surface area contributed by atoms with Crippen molar-refractivity contribution >= 4 is 27.6 Å². The smallest absolute Gasteiger partial charge is 0.307 e. The minimum absolute atomic E-state index is 0.216. The van der Waals surface area contributed by atoms with Crippen LogP contribution in [-0.4, -0.2) is 42.8 Å². The van der Waals surface area contributed by atoms with Gasteiger partial charge in [0.15, 0.2) is 0 Å². The Morgan fingerprint density at radius 3 is 2.04 bits per heavy atom. The molecule has 2 N–H and O–H groups in total. The summed E-state index contributed by atoms with van der Waals surface area (Å²) in [7, 11) is -3.53. The molecular formula is C20H28N2O5S. The number of amides is 1. The Labute approximate surface area is 166 Å². The van der Waals surface area contributed by atoms with Gasteiger partial charge in [0.1, 0.15) is 0 Å². The second kappa shape index (κ2) is 9.05. The maximum Gasteiger partial charge on any atom is 0.307 e. The number of carbonyl (C=O) groups excluding carboxylic acids is 1. The van der Waals surface area contributed by atoms with Crippen molar-refractivity contribution in [1.82, 2.24) is 4.31 Å². The predicted molar refractivity (Wildman–Crippen MR) is 105 cm³/mol. The van der Waals surface area contributed by atoms with Gasteiger partial charge in [-0.1, -0.05) is 25.7 Å². The first-order chi connectivity index (χ1) is 13.4. The molecule has 0 unspecified atom stereocenters. The highest BCUT2D eigenvalue weighted by molar-refractivity contribution is 7.89. The Hall–Kier alpha value is -1.93. The topological polar surface area (TPSA) is 104 Å². The summed E-state index contributed by atoms with van der Waals surface area (Å²) < 4.78 is 27.2. The normalized spacial score (nSPS) is 24.3. The van der Waals surface area contributed by atoms with Crippen molar-refractivity contribution in [2.24, 2.45) is 11.8 Å². The van der Waals surface area contributed by atoms with E-state index in [-0.39, 0.29) is 10.8 Å². The lowest BCUT2D eigenvalue weighted by atomic mass is 9.78. The number of benzene rings is 1. The molecule has 7 nitrogen and oxygen atoms in total. The van der Waals surface area contributed by atoms with Gasteiger partial charge in [0.2, 0.25) is 15.9 Å². The zero-order valence-electron chi connectivity index (χ0n) is 16.0. The molecule has 2 atom stereocenters.